The number of ether oxygens (including phenoxy) is 1. The quantitative estimate of drug-likeness (QED) is 0.803. The van der Waals surface area contributed by atoms with Gasteiger partial charge in [-0.2, -0.15) is 0 Å². The molecule has 1 saturated heterocycles. The molecule has 1 unspecified atom stereocenters. The number of halogens is 1. The van der Waals surface area contributed by atoms with Gasteiger partial charge in [0.2, 0.25) is 5.89 Å². The van der Waals surface area contributed by atoms with Gasteiger partial charge in [-0.15, -0.1) is 0 Å². The molecule has 1 fully saturated rings. The molecule has 1 amide bonds. The second kappa shape index (κ2) is 7.65. The molecule has 0 bridgehead atoms. The number of amides is 1. The van der Waals surface area contributed by atoms with Crippen molar-refractivity contribution < 1.29 is 18.3 Å². The first-order chi connectivity index (χ1) is 12.0. The van der Waals surface area contributed by atoms with E-state index in [0.29, 0.717) is 18.2 Å². The van der Waals surface area contributed by atoms with Gasteiger partial charge >= 0.3 is 0 Å². The van der Waals surface area contributed by atoms with Gasteiger partial charge in [0, 0.05) is 26.2 Å². The number of carbonyl (C=O) groups excluding carboxylic acids is 1. The topological polar surface area (TPSA) is 58.8 Å². The Morgan fingerprint density at radius 3 is 3.08 bits per heavy atom. The Kier molecular flexibility index (Phi) is 5.33. The summed E-state index contributed by atoms with van der Waals surface area (Å²) in [6, 6.07) is 5.82. The van der Waals surface area contributed by atoms with Crippen LogP contribution < -0.4 is 4.74 Å². The van der Waals surface area contributed by atoms with Crippen molar-refractivity contribution >= 4 is 5.91 Å². The van der Waals surface area contributed by atoms with E-state index in [1.54, 1.807) is 24.1 Å². The minimum atomic E-state index is -0.375. The summed E-state index contributed by atoms with van der Waals surface area (Å²) in [5.74, 6) is 0.604. The van der Waals surface area contributed by atoms with Crippen molar-refractivity contribution in [3.63, 3.8) is 0 Å². The summed E-state index contributed by atoms with van der Waals surface area (Å²) in [4.78, 5) is 20.6. The van der Waals surface area contributed by atoms with E-state index in [2.05, 4.69) is 16.9 Å². The molecule has 2 aromatic rings. The zero-order valence-corrected chi connectivity index (χ0v) is 14.4. The molecular weight excluding hydrogens is 325 g/mol. The SMILES string of the molecule is CN1CCC(CN(C)C(=O)c2coc(COc3cccc(F)c3)n2)C1. The van der Waals surface area contributed by atoms with Crippen molar-refractivity contribution in [1.82, 2.24) is 14.8 Å². The van der Waals surface area contributed by atoms with Crippen LogP contribution in [0.2, 0.25) is 0 Å². The third-order valence-corrected chi connectivity index (χ3v) is 4.30. The first-order valence-electron chi connectivity index (χ1n) is 8.28. The average molecular weight is 347 g/mol. The molecule has 0 aliphatic carbocycles. The van der Waals surface area contributed by atoms with Crippen LogP contribution in [0.15, 0.2) is 34.9 Å². The molecule has 1 aliphatic heterocycles. The highest BCUT2D eigenvalue weighted by Crippen LogP contribution is 2.17. The van der Waals surface area contributed by atoms with Gasteiger partial charge in [-0.25, -0.2) is 9.37 Å². The molecule has 1 aromatic carbocycles. The minimum absolute atomic E-state index is 0.0356. The fraction of sp³-hybridized carbons (Fsp3) is 0.444. The van der Waals surface area contributed by atoms with E-state index in [1.807, 2.05) is 0 Å². The summed E-state index contributed by atoms with van der Waals surface area (Å²) >= 11 is 0. The Balaban J connectivity index is 1.54. The van der Waals surface area contributed by atoms with Gasteiger partial charge in [0.05, 0.1) is 0 Å². The van der Waals surface area contributed by atoms with Crippen LogP contribution in [-0.2, 0) is 6.61 Å². The van der Waals surface area contributed by atoms with Crippen LogP contribution >= 0.6 is 0 Å². The van der Waals surface area contributed by atoms with E-state index in [1.165, 1.54) is 18.4 Å². The molecule has 6 nitrogen and oxygen atoms in total. The molecule has 0 spiro atoms. The molecule has 25 heavy (non-hydrogen) atoms. The Bertz CT molecular complexity index is 734. The largest absolute Gasteiger partial charge is 0.484 e. The van der Waals surface area contributed by atoms with Crippen molar-refractivity contribution in [2.24, 2.45) is 5.92 Å². The van der Waals surface area contributed by atoms with Crippen molar-refractivity contribution in [3.8, 4) is 5.75 Å². The molecule has 1 aliphatic rings. The highest BCUT2D eigenvalue weighted by atomic mass is 19.1. The number of benzene rings is 1. The van der Waals surface area contributed by atoms with Gasteiger partial charge in [0.1, 0.15) is 17.8 Å². The number of oxazole rings is 1. The lowest BCUT2D eigenvalue weighted by atomic mass is 10.1. The van der Waals surface area contributed by atoms with Crippen LogP contribution in [0.4, 0.5) is 4.39 Å². The summed E-state index contributed by atoms with van der Waals surface area (Å²) in [5.41, 5.74) is 0.256. The first kappa shape index (κ1) is 17.4. The van der Waals surface area contributed by atoms with E-state index in [9.17, 15) is 9.18 Å². The van der Waals surface area contributed by atoms with Gasteiger partial charge in [-0.05, 0) is 38.1 Å². The molecule has 2 heterocycles. The van der Waals surface area contributed by atoms with Crippen LogP contribution in [-0.4, -0.2) is 54.4 Å². The molecule has 0 radical (unpaired) electrons. The van der Waals surface area contributed by atoms with Crippen molar-refractivity contribution in [2.75, 3.05) is 33.7 Å². The maximum absolute atomic E-state index is 13.1. The normalized spacial score (nSPS) is 17.6. The molecule has 7 heteroatoms. The van der Waals surface area contributed by atoms with Gasteiger partial charge in [0.15, 0.2) is 12.3 Å². The number of hydrogen-bond acceptors (Lipinski definition) is 5. The zero-order valence-electron chi connectivity index (χ0n) is 14.4. The number of aromatic nitrogens is 1. The van der Waals surface area contributed by atoms with Crippen LogP contribution in [0.3, 0.4) is 0 Å². The second-order valence-electron chi connectivity index (χ2n) is 6.48. The lowest BCUT2D eigenvalue weighted by molar-refractivity contribution is 0.0768. The molecular formula is C18H22FN3O3. The summed E-state index contributed by atoms with van der Waals surface area (Å²) in [6.45, 7) is 2.81. The Labute approximate surface area is 146 Å². The molecule has 0 N–H and O–H groups in total. The molecule has 3 rings (SSSR count). The lowest BCUT2D eigenvalue weighted by Gasteiger charge is -2.20. The number of carbonyl (C=O) groups is 1. The van der Waals surface area contributed by atoms with Crippen LogP contribution in [0, 0.1) is 11.7 Å². The lowest BCUT2D eigenvalue weighted by Crippen LogP contribution is -2.33. The third kappa shape index (κ3) is 4.57. The zero-order chi connectivity index (χ0) is 17.8. The predicted molar refractivity (Wildman–Crippen MR) is 89.8 cm³/mol. The highest BCUT2D eigenvalue weighted by Gasteiger charge is 2.24. The van der Waals surface area contributed by atoms with Crippen molar-refractivity contribution in [3.05, 3.63) is 47.9 Å². The Morgan fingerprint density at radius 2 is 2.36 bits per heavy atom. The maximum Gasteiger partial charge on any atom is 0.275 e. The van der Waals surface area contributed by atoms with E-state index in [-0.39, 0.29) is 29.9 Å². The third-order valence-electron chi connectivity index (χ3n) is 4.30. The summed E-state index contributed by atoms with van der Waals surface area (Å²) in [5, 5.41) is 0. The van der Waals surface area contributed by atoms with Crippen LogP contribution in [0.25, 0.3) is 0 Å². The second-order valence-corrected chi connectivity index (χ2v) is 6.48. The van der Waals surface area contributed by atoms with Crippen LogP contribution in [0.1, 0.15) is 22.8 Å². The van der Waals surface area contributed by atoms with E-state index >= 15 is 0 Å². The Morgan fingerprint density at radius 1 is 1.52 bits per heavy atom. The highest BCUT2D eigenvalue weighted by molar-refractivity contribution is 5.91. The number of nitrogens with zero attached hydrogens (tertiary/aromatic N) is 3. The van der Waals surface area contributed by atoms with Crippen molar-refractivity contribution in [2.45, 2.75) is 13.0 Å². The number of rotatable bonds is 6. The monoisotopic (exact) mass is 347 g/mol. The molecule has 1 aromatic heterocycles. The Hall–Kier alpha value is -2.41. The minimum Gasteiger partial charge on any atom is -0.484 e. The van der Waals surface area contributed by atoms with E-state index in [0.717, 1.165) is 19.5 Å². The van der Waals surface area contributed by atoms with E-state index in [4.69, 9.17) is 9.15 Å². The van der Waals surface area contributed by atoms with E-state index < -0.39 is 0 Å². The first-order valence-corrected chi connectivity index (χ1v) is 8.28. The number of hydrogen-bond donors (Lipinski definition) is 0. The van der Waals surface area contributed by atoms with Gasteiger partial charge in [-0.3, -0.25) is 4.79 Å². The summed E-state index contributed by atoms with van der Waals surface area (Å²) in [7, 11) is 3.86. The standard InChI is InChI=1S/C18H22FN3O3/c1-21-7-6-13(9-21)10-22(2)18(23)16-11-25-17(20-16)12-24-15-5-3-4-14(19)8-15/h3-5,8,11,13H,6-7,9-10,12H2,1-2H3. The van der Waals surface area contributed by atoms with Crippen LogP contribution in [0.5, 0.6) is 5.75 Å². The predicted octanol–water partition coefficient (Wildman–Crippen LogP) is 2.42. The molecule has 0 saturated carbocycles. The number of likely N-dealkylation sites (tertiary alicyclic amines) is 1. The smallest absolute Gasteiger partial charge is 0.275 e. The molecule has 1 atom stereocenters. The molecule has 134 valence electrons. The maximum atomic E-state index is 13.1. The fourth-order valence-electron chi connectivity index (χ4n) is 3.02. The average Bonchev–Trinajstić information content (AvgIpc) is 3.21. The van der Waals surface area contributed by atoms with Gasteiger partial charge < -0.3 is 19.0 Å². The van der Waals surface area contributed by atoms with Crippen molar-refractivity contribution in [1.29, 1.82) is 0 Å². The van der Waals surface area contributed by atoms with Gasteiger partial charge in [0.25, 0.3) is 5.91 Å². The van der Waals surface area contributed by atoms with Gasteiger partial charge in [-0.1, -0.05) is 6.07 Å². The fourth-order valence-corrected chi connectivity index (χ4v) is 3.02. The summed E-state index contributed by atoms with van der Waals surface area (Å²) < 4.78 is 23.8. The summed E-state index contributed by atoms with van der Waals surface area (Å²) in [6.07, 6.45) is 2.43.